The first-order valence-corrected chi connectivity index (χ1v) is 9.26. The second-order valence-corrected chi connectivity index (χ2v) is 6.96. The molecule has 1 saturated heterocycles. The first-order chi connectivity index (χ1) is 11.6. The van der Waals surface area contributed by atoms with Crippen LogP contribution >= 0.6 is 0 Å². The van der Waals surface area contributed by atoms with Gasteiger partial charge in [-0.05, 0) is 57.6 Å². The predicted molar refractivity (Wildman–Crippen MR) is 96.2 cm³/mol. The molecule has 1 aliphatic heterocycles. The largest absolute Gasteiger partial charge is 0.487 e. The molecule has 137 valence electrons. The summed E-state index contributed by atoms with van der Waals surface area (Å²) >= 11 is 0. The maximum Gasteiger partial charge on any atom is 0.361 e. The summed E-state index contributed by atoms with van der Waals surface area (Å²) in [6.45, 7) is 10.6. The standard InChI is InChI=1S/C20H32NO3.Y/c1-4-23-19(22)16-21(12-7-5-6-8-13-21)14-15-24-20-17(2)10-9-11-18(20)3;/h9-11H,4-8,12-16H2,1-3H3;/q+1;. The van der Waals surface area contributed by atoms with Gasteiger partial charge in [0.1, 0.15) is 18.9 Å². The maximum absolute atomic E-state index is 12.1. The third-order valence-corrected chi connectivity index (χ3v) is 5.01. The van der Waals surface area contributed by atoms with E-state index in [9.17, 15) is 4.79 Å². The summed E-state index contributed by atoms with van der Waals surface area (Å²) in [6, 6.07) is 6.22. The van der Waals surface area contributed by atoms with Gasteiger partial charge in [-0.3, -0.25) is 0 Å². The summed E-state index contributed by atoms with van der Waals surface area (Å²) in [5, 5.41) is 0. The molecule has 0 N–H and O–H groups in total. The number of esters is 1. The molecular formula is C20H32NO3Y+. The average Bonchev–Trinajstić information content (AvgIpc) is 2.76. The third kappa shape index (κ3) is 6.99. The summed E-state index contributed by atoms with van der Waals surface area (Å²) in [5.74, 6) is 0.910. The normalized spacial score (nSPS) is 16.4. The molecule has 25 heavy (non-hydrogen) atoms. The zero-order chi connectivity index (χ0) is 17.4. The number of nitrogens with zero attached hydrogens (tertiary/aromatic N) is 1. The molecule has 2 rings (SSSR count). The third-order valence-electron chi connectivity index (χ3n) is 5.01. The number of likely N-dealkylation sites (tertiary alicyclic amines) is 1. The van der Waals surface area contributed by atoms with Crippen molar-refractivity contribution in [1.29, 1.82) is 0 Å². The summed E-state index contributed by atoms with van der Waals surface area (Å²) in [5.41, 5.74) is 2.34. The van der Waals surface area contributed by atoms with Crippen molar-refractivity contribution in [2.75, 3.05) is 39.4 Å². The molecule has 0 atom stereocenters. The van der Waals surface area contributed by atoms with Gasteiger partial charge in [0.05, 0.1) is 19.7 Å². The van der Waals surface area contributed by atoms with Crippen LogP contribution in [0.1, 0.15) is 43.7 Å². The summed E-state index contributed by atoms with van der Waals surface area (Å²) in [6.07, 6.45) is 4.90. The van der Waals surface area contributed by atoms with Crippen LogP contribution in [-0.2, 0) is 42.2 Å². The molecule has 0 amide bonds. The average molecular weight is 423 g/mol. The van der Waals surface area contributed by atoms with Crippen LogP contribution in [0.5, 0.6) is 5.75 Å². The Morgan fingerprint density at radius 1 is 1.08 bits per heavy atom. The van der Waals surface area contributed by atoms with E-state index in [1.54, 1.807) is 0 Å². The molecule has 1 radical (unpaired) electrons. The zero-order valence-electron chi connectivity index (χ0n) is 16.1. The van der Waals surface area contributed by atoms with Gasteiger partial charge < -0.3 is 14.0 Å². The minimum absolute atomic E-state index is 0. The number of carbonyl (C=O) groups excluding carboxylic acids is 1. The van der Waals surface area contributed by atoms with Crippen LogP contribution < -0.4 is 4.74 Å². The first-order valence-electron chi connectivity index (χ1n) is 9.26. The van der Waals surface area contributed by atoms with E-state index in [1.807, 2.05) is 6.92 Å². The molecule has 1 aliphatic rings. The number of hydrogen-bond acceptors (Lipinski definition) is 3. The molecule has 1 fully saturated rings. The van der Waals surface area contributed by atoms with Crippen LogP contribution in [-0.4, -0.2) is 49.8 Å². The quantitative estimate of drug-likeness (QED) is 0.496. The van der Waals surface area contributed by atoms with E-state index >= 15 is 0 Å². The second kappa shape index (κ2) is 11.3. The van der Waals surface area contributed by atoms with Crippen molar-refractivity contribution in [2.45, 2.75) is 46.5 Å². The van der Waals surface area contributed by atoms with E-state index < -0.39 is 0 Å². The molecule has 1 heterocycles. The SMILES string of the molecule is CCOC(=O)C[N+]1(CCOc2c(C)cccc2C)CCCCCC1.[Y]. The molecule has 1 aromatic carbocycles. The Bertz CT molecular complexity index is 519. The van der Waals surface area contributed by atoms with Crippen molar-refractivity contribution in [3.8, 4) is 5.75 Å². The smallest absolute Gasteiger partial charge is 0.361 e. The van der Waals surface area contributed by atoms with E-state index in [2.05, 4.69) is 32.0 Å². The van der Waals surface area contributed by atoms with Crippen molar-refractivity contribution in [3.05, 3.63) is 29.3 Å². The van der Waals surface area contributed by atoms with Gasteiger partial charge in [0.15, 0.2) is 6.54 Å². The maximum atomic E-state index is 12.1. The molecule has 0 unspecified atom stereocenters. The summed E-state index contributed by atoms with van der Waals surface area (Å²) in [4.78, 5) is 12.1. The molecule has 0 aromatic heterocycles. The van der Waals surface area contributed by atoms with Gasteiger partial charge in [0.2, 0.25) is 0 Å². The minimum Gasteiger partial charge on any atom is -0.487 e. The van der Waals surface area contributed by atoms with Crippen molar-refractivity contribution < 1.29 is 51.5 Å². The second-order valence-electron chi connectivity index (χ2n) is 6.96. The van der Waals surface area contributed by atoms with Crippen molar-refractivity contribution in [1.82, 2.24) is 0 Å². The van der Waals surface area contributed by atoms with Crippen LogP contribution in [0, 0.1) is 13.8 Å². The van der Waals surface area contributed by atoms with E-state index in [1.165, 1.54) is 36.8 Å². The number of hydrogen-bond donors (Lipinski definition) is 0. The van der Waals surface area contributed by atoms with Gasteiger partial charge in [-0.15, -0.1) is 0 Å². The molecule has 0 saturated carbocycles. The van der Waals surface area contributed by atoms with E-state index in [0.717, 1.165) is 29.9 Å². The van der Waals surface area contributed by atoms with Crippen LogP contribution in [0.4, 0.5) is 0 Å². The number of quaternary nitrogens is 1. The molecule has 0 aliphatic carbocycles. The van der Waals surface area contributed by atoms with Crippen LogP contribution in [0.2, 0.25) is 0 Å². The zero-order valence-corrected chi connectivity index (χ0v) is 18.9. The minimum atomic E-state index is -0.0773. The van der Waals surface area contributed by atoms with Gasteiger partial charge in [0.25, 0.3) is 0 Å². The van der Waals surface area contributed by atoms with Gasteiger partial charge in [-0.25, -0.2) is 4.79 Å². The monoisotopic (exact) mass is 423 g/mol. The summed E-state index contributed by atoms with van der Waals surface area (Å²) in [7, 11) is 0. The van der Waals surface area contributed by atoms with Crippen LogP contribution in [0.3, 0.4) is 0 Å². The Balaban J connectivity index is 0.00000312. The van der Waals surface area contributed by atoms with Gasteiger partial charge >= 0.3 is 5.97 Å². The number of ether oxygens (including phenoxy) is 2. The van der Waals surface area contributed by atoms with Crippen LogP contribution in [0.15, 0.2) is 18.2 Å². The van der Waals surface area contributed by atoms with Gasteiger partial charge in [-0.1, -0.05) is 18.2 Å². The van der Waals surface area contributed by atoms with E-state index in [0.29, 0.717) is 19.8 Å². The molecule has 4 nitrogen and oxygen atoms in total. The Morgan fingerprint density at radius 2 is 1.68 bits per heavy atom. The number of rotatable bonds is 7. The summed E-state index contributed by atoms with van der Waals surface area (Å²) < 4.78 is 12.1. The fraction of sp³-hybridized carbons (Fsp3) is 0.650. The van der Waals surface area contributed by atoms with E-state index in [4.69, 9.17) is 9.47 Å². The Labute approximate surface area is 177 Å². The van der Waals surface area contributed by atoms with E-state index in [-0.39, 0.29) is 38.7 Å². The molecule has 0 spiro atoms. The number of aryl methyl sites for hydroxylation is 2. The molecule has 0 bridgehead atoms. The number of para-hydroxylation sites is 1. The fourth-order valence-electron chi connectivity index (χ4n) is 3.67. The molecule has 5 heteroatoms. The van der Waals surface area contributed by atoms with Gasteiger partial charge in [-0.2, -0.15) is 0 Å². The Hall–Kier alpha value is -0.446. The van der Waals surface area contributed by atoms with Crippen LogP contribution in [0.25, 0.3) is 0 Å². The topological polar surface area (TPSA) is 35.5 Å². The first kappa shape index (κ1) is 22.6. The Kier molecular flexibility index (Phi) is 10.2. The molecular weight excluding hydrogens is 391 g/mol. The van der Waals surface area contributed by atoms with Crippen molar-refractivity contribution in [3.63, 3.8) is 0 Å². The van der Waals surface area contributed by atoms with Gasteiger partial charge in [0, 0.05) is 32.7 Å². The van der Waals surface area contributed by atoms with Crippen molar-refractivity contribution in [2.24, 2.45) is 0 Å². The Morgan fingerprint density at radius 3 is 2.24 bits per heavy atom. The molecule has 1 aromatic rings. The van der Waals surface area contributed by atoms with Crippen molar-refractivity contribution >= 4 is 5.97 Å². The number of benzene rings is 1. The predicted octanol–water partition coefficient (Wildman–Crippen LogP) is 3.63. The number of carbonyl (C=O) groups is 1. The fourth-order valence-corrected chi connectivity index (χ4v) is 3.67.